The second kappa shape index (κ2) is 7.47. The van der Waals surface area contributed by atoms with Gasteiger partial charge in [0, 0.05) is 36.2 Å². The fourth-order valence-electron chi connectivity index (χ4n) is 3.35. The first kappa shape index (κ1) is 18.4. The number of hydrogen-bond acceptors (Lipinski definition) is 7. The number of carbonyl (C=O) groups is 1. The number of rotatable bonds is 5. The average molecular weight is 361 g/mol. The van der Waals surface area contributed by atoms with Crippen LogP contribution in [0.1, 0.15) is 28.7 Å². The third-order valence-electron chi connectivity index (χ3n) is 4.80. The van der Waals surface area contributed by atoms with Crippen LogP contribution in [-0.2, 0) is 22.5 Å². The van der Waals surface area contributed by atoms with Crippen molar-refractivity contribution >= 4 is 16.9 Å². The number of ether oxygens (including phenoxy) is 2. The molecule has 1 aromatic heterocycles. The lowest BCUT2D eigenvalue weighted by Crippen LogP contribution is -2.33. The van der Waals surface area contributed by atoms with E-state index in [0.717, 1.165) is 34.4 Å². The van der Waals surface area contributed by atoms with Crippen molar-refractivity contribution in [2.24, 2.45) is 0 Å². The third kappa shape index (κ3) is 3.32. The van der Waals surface area contributed by atoms with E-state index in [1.54, 1.807) is 0 Å². The van der Waals surface area contributed by atoms with Crippen LogP contribution in [0.3, 0.4) is 0 Å². The fraction of sp³-hybridized carbons (Fsp3) is 0.474. The summed E-state index contributed by atoms with van der Waals surface area (Å²) >= 11 is 0. The Morgan fingerprint density at radius 3 is 2.81 bits per heavy atom. The van der Waals surface area contributed by atoms with E-state index >= 15 is 0 Å². The van der Waals surface area contributed by atoms with Crippen molar-refractivity contribution in [3.63, 3.8) is 0 Å². The van der Waals surface area contributed by atoms with Gasteiger partial charge in [-0.3, -0.25) is 9.69 Å². The first-order valence-corrected chi connectivity index (χ1v) is 8.57. The van der Waals surface area contributed by atoms with Crippen LogP contribution in [0.2, 0.25) is 0 Å². The summed E-state index contributed by atoms with van der Waals surface area (Å²) in [5.74, 6) is 0.258. The molecule has 1 aliphatic heterocycles. The van der Waals surface area contributed by atoms with E-state index in [1.165, 1.54) is 7.11 Å². The minimum atomic E-state index is -0.524. The number of hydrogen-bond donors (Lipinski definition) is 1. The Balaban J connectivity index is 2.08. The maximum Gasteiger partial charge on any atom is 0.340 e. The molecule has 2 aromatic rings. The van der Waals surface area contributed by atoms with Crippen LogP contribution in [0, 0.1) is 13.8 Å². The second-order valence-corrected chi connectivity index (χ2v) is 6.52. The Morgan fingerprint density at radius 1 is 1.35 bits per heavy atom. The third-order valence-corrected chi connectivity index (χ3v) is 4.80. The Kier molecular flexibility index (Phi) is 5.29. The lowest BCUT2D eigenvalue weighted by Gasteiger charge is -2.30. The molecule has 1 N–H and O–H groups in total. The molecule has 140 valence electrons. The molecule has 3 rings (SSSR count). The first-order chi connectivity index (χ1) is 12.5. The van der Waals surface area contributed by atoms with Crippen molar-refractivity contribution in [3.8, 4) is 5.75 Å². The first-order valence-electron chi connectivity index (χ1n) is 8.57. The summed E-state index contributed by atoms with van der Waals surface area (Å²) in [5.41, 5.74) is 2.79. The highest BCUT2D eigenvalue weighted by Gasteiger charge is 2.24. The monoisotopic (exact) mass is 361 g/mol. The summed E-state index contributed by atoms with van der Waals surface area (Å²) in [7, 11) is 1.29. The molecular weight excluding hydrogens is 338 g/mol. The van der Waals surface area contributed by atoms with Crippen LogP contribution >= 0.6 is 0 Å². The highest BCUT2D eigenvalue weighted by molar-refractivity contribution is 5.88. The van der Waals surface area contributed by atoms with Gasteiger partial charge in [-0.15, -0.1) is 0 Å². The van der Waals surface area contributed by atoms with E-state index in [9.17, 15) is 9.59 Å². The molecule has 0 saturated heterocycles. The van der Waals surface area contributed by atoms with Crippen LogP contribution in [0.25, 0.3) is 11.0 Å². The van der Waals surface area contributed by atoms with E-state index in [2.05, 4.69) is 9.64 Å². The van der Waals surface area contributed by atoms with Crippen molar-refractivity contribution in [3.05, 3.63) is 38.7 Å². The van der Waals surface area contributed by atoms with Crippen LogP contribution < -0.4 is 10.4 Å². The molecule has 2 heterocycles. The Labute approximate surface area is 151 Å². The number of fused-ring (bicyclic) bond motifs is 2. The predicted molar refractivity (Wildman–Crippen MR) is 95.3 cm³/mol. The van der Waals surface area contributed by atoms with Crippen molar-refractivity contribution < 1.29 is 23.8 Å². The normalized spacial score (nSPS) is 14.2. The van der Waals surface area contributed by atoms with Gasteiger partial charge in [-0.25, -0.2) is 4.79 Å². The summed E-state index contributed by atoms with van der Waals surface area (Å²) in [6.07, 6.45) is 0.568. The number of esters is 1. The zero-order valence-corrected chi connectivity index (χ0v) is 15.3. The molecule has 0 bridgehead atoms. The molecule has 26 heavy (non-hydrogen) atoms. The van der Waals surface area contributed by atoms with Crippen LogP contribution in [-0.4, -0.2) is 43.0 Å². The summed E-state index contributed by atoms with van der Waals surface area (Å²) in [4.78, 5) is 26.1. The molecular formula is C19H23NO6. The molecule has 7 nitrogen and oxygen atoms in total. The second-order valence-electron chi connectivity index (χ2n) is 6.52. The molecule has 0 atom stereocenters. The standard InChI is InChI=1S/C19H23NO6/c1-11-14-7-13-9-20(5-4-6-21)10-25-17(13)12(2)18(14)26-19(23)15(11)8-16(22)24-3/h7,21H,4-6,8-10H2,1-3H3. The lowest BCUT2D eigenvalue weighted by atomic mass is 9.98. The number of benzene rings is 1. The highest BCUT2D eigenvalue weighted by Crippen LogP contribution is 2.36. The van der Waals surface area contributed by atoms with Crippen LogP contribution in [0.4, 0.5) is 0 Å². The number of methoxy groups -OCH3 is 1. The van der Waals surface area contributed by atoms with Gasteiger partial charge in [0.25, 0.3) is 0 Å². The Bertz CT molecular complexity index is 901. The van der Waals surface area contributed by atoms with Gasteiger partial charge in [-0.2, -0.15) is 0 Å². The van der Waals surface area contributed by atoms with Crippen LogP contribution in [0.15, 0.2) is 15.3 Å². The topological polar surface area (TPSA) is 89.2 Å². The van der Waals surface area contributed by atoms with Gasteiger partial charge in [0.1, 0.15) is 18.1 Å². The molecule has 0 saturated carbocycles. The van der Waals surface area contributed by atoms with E-state index in [1.807, 2.05) is 19.9 Å². The summed E-state index contributed by atoms with van der Waals surface area (Å²) in [6.45, 7) is 5.69. The number of carbonyl (C=O) groups excluding carboxylic acids is 1. The molecule has 0 amide bonds. The van der Waals surface area contributed by atoms with Gasteiger partial charge in [-0.1, -0.05) is 0 Å². The molecule has 1 aromatic carbocycles. The molecule has 0 spiro atoms. The SMILES string of the molecule is COC(=O)Cc1c(C)c2cc3c(c(C)c2oc1=O)OCN(CCCO)C3. The number of aryl methyl sites for hydroxylation is 2. The number of aliphatic hydroxyl groups is 1. The largest absolute Gasteiger partial charge is 0.477 e. The summed E-state index contributed by atoms with van der Waals surface area (Å²) in [6, 6.07) is 1.96. The van der Waals surface area contributed by atoms with Crippen molar-refractivity contribution in [2.75, 3.05) is 27.0 Å². The predicted octanol–water partition coefficient (Wildman–Crippen LogP) is 1.66. The summed E-state index contributed by atoms with van der Waals surface area (Å²) in [5, 5.41) is 9.81. The van der Waals surface area contributed by atoms with Crippen molar-refractivity contribution in [1.29, 1.82) is 0 Å². The summed E-state index contributed by atoms with van der Waals surface area (Å²) < 4.78 is 16.1. The molecule has 0 radical (unpaired) electrons. The van der Waals surface area contributed by atoms with Crippen molar-refractivity contribution in [1.82, 2.24) is 4.90 Å². The van der Waals surface area contributed by atoms with E-state index in [4.69, 9.17) is 14.3 Å². The molecule has 0 fully saturated rings. The minimum Gasteiger partial charge on any atom is -0.477 e. The minimum absolute atomic E-state index is 0.115. The van der Waals surface area contributed by atoms with E-state index in [-0.39, 0.29) is 13.0 Å². The van der Waals surface area contributed by atoms with Crippen molar-refractivity contribution in [2.45, 2.75) is 33.2 Å². The zero-order chi connectivity index (χ0) is 18.8. The van der Waals surface area contributed by atoms with Gasteiger partial charge in [0.05, 0.1) is 19.1 Å². The van der Waals surface area contributed by atoms with Gasteiger partial charge in [0.15, 0.2) is 0 Å². The molecule has 0 aliphatic carbocycles. The maximum absolute atomic E-state index is 12.3. The van der Waals surface area contributed by atoms with Gasteiger partial charge < -0.3 is 19.0 Å². The molecule has 1 aliphatic rings. The van der Waals surface area contributed by atoms with Gasteiger partial charge in [-0.05, 0) is 31.9 Å². The lowest BCUT2D eigenvalue weighted by molar-refractivity contribution is -0.139. The van der Waals surface area contributed by atoms with Gasteiger partial charge in [0.2, 0.25) is 0 Å². The Hall–Kier alpha value is -2.38. The maximum atomic E-state index is 12.3. The smallest absolute Gasteiger partial charge is 0.340 e. The van der Waals surface area contributed by atoms with E-state index in [0.29, 0.717) is 30.8 Å². The quantitative estimate of drug-likeness (QED) is 0.640. The molecule has 0 unspecified atom stereocenters. The van der Waals surface area contributed by atoms with Crippen LogP contribution in [0.5, 0.6) is 5.75 Å². The molecule has 7 heteroatoms. The fourth-order valence-corrected chi connectivity index (χ4v) is 3.35. The number of nitrogens with zero attached hydrogens (tertiary/aromatic N) is 1. The average Bonchev–Trinajstić information content (AvgIpc) is 2.64. The van der Waals surface area contributed by atoms with Gasteiger partial charge >= 0.3 is 11.6 Å². The Morgan fingerprint density at radius 2 is 2.12 bits per heavy atom. The number of aliphatic hydroxyl groups excluding tert-OH is 1. The highest BCUT2D eigenvalue weighted by atomic mass is 16.5. The van der Waals surface area contributed by atoms with E-state index < -0.39 is 11.6 Å². The zero-order valence-electron chi connectivity index (χ0n) is 15.3.